The van der Waals surface area contributed by atoms with Crippen LogP contribution in [0.3, 0.4) is 0 Å². The summed E-state index contributed by atoms with van der Waals surface area (Å²) in [7, 11) is -1.91. The average Bonchev–Trinajstić information content (AvgIpc) is 2.90. The number of aliphatic hydroxyl groups excluding tert-OH is 2. The lowest BCUT2D eigenvalue weighted by Crippen LogP contribution is -2.44. The fourth-order valence-corrected chi connectivity index (χ4v) is 3.49. The van der Waals surface area contributed by atoms with E-state index in [0.717, 1.165) is 0 Å². The van der Waals surface area contributed by atoms with Gasteiger partial charge in [-0.05, 0) is 18.1 Å². The molecule has 26 heavy (non-hydrogen) atoms. The summed E-state index contributed by atoms with van der Waals surface area (Å²) >= 11 is 0. The molecule has 0 aliphatic carbocycles. The molecule has 0 spiro atoms. The van der Waals surface area contributed by atoms with Gasteiger partial charge >= 0.3 is 0 Å². The van der Waals surface area contributed by atoms with Crippen molar-refractivity contribution in [3.8, 4) is 0 Å². The molecule has 0 bridgehead atoms. The first-order valence-electron chi connectivity index (χ1n) is 8.98. The second-order valence-electron chi connectivity index (χ2n) is 8.18. The first-order valence-corrected chi connectivity index (χ1v) is 11.9. The molecule has 1 saturated heterocycles. The van der Waals surface area contributed by atoms with Crippen molar-refractivity contribution in [1.29, 1.82) is 0 Å². The van der Waals surface area contributed by atoms with E-state index in [2.05, 4.69) is 45.4 Å². The molecule has 2 N–H and O–H groups in total. The molecule has 2 aliphatic rings. The minimum absolute atomic E-state index is 0.0955. The second kappa shape index (κ2) is 8.22. The monoisotopic (exact) mass is 384 g/mol. The van der Waals surface area contributed by atoms with Crippen molar-refractivity contribution in [3.05, 3.63) is 24.9 Å². The Morgan fingerprint density at radius 3 is 2.69 bits per heavy atom. The Labute approximate surface area is 157 Å². The smallest absolute Gasteiger partial charge is 0.230 e. The zero-order chi connectivity index (χ0) is 19.5. The molecule has 4 unspecified atom stereocenters. The van der Waals surface area contributed by atoms with Crippen LogP contribution in [0.15, 0.2) is 29.9 Å². The maximum atomic E-state index is 10.4. The highest BCUT2D eigenvalue weighted by Crippen LogP contribution is 2.37. The minimum Gasteiger partial charge on any atom is -0.474 e. The highest BCUT2D eigenvalue weighted by atomic mass is 28.4. The van der Waals surface area contributed by atoms with E-state index >= 15 is 0 Å². The van der Waals surface area contributed by atoms with Crippen LogP contribution in [0.5, 0.6) is 0 Å². The maximum Gasteiger partial charge on any atom is 0.230 e. The van der Waals surface area contributed by atoms with Crippen LogP contribution in [0, 0.1) is 0 Å². The third kappa shape index (κ3) is 4.95. The van der Waals surface area contributed by atoms with E-state index in [9.17, 15) is 10.2 Å². The van der Waals surface area contributed by atoms with Crippen LogP contribution >= 0.6 is 0 Å². The van der Waals surface area contributed by atoms with Crippen LogP contribution in [0.2, 0.25) is 18.1 Å². The Hall–Kier alpha value is -1.19. The van der Waals surface area contributed by atoms with Crippen molar-refractivity contribution in [2.45, 2.75) is 70.1 Å². The van der Waals surface area contributed by atoms with Crippen LogP contribution in [0.25, 0.3) is 0 Å². The highest BCUT2D eigenvalue weighted by molar-refractivity contribution is 6.74. The van der Waals surface area contributed by atoms with E-state index in [1.165, 1.54) is 0 Å². The van der Waals surface area contributed by atoms with E-state index in [1.54, 1.807) is 23.3 Å². The third-order valence-corrected chi connectivity index (χ3v) is 9.70. The van der Waals surface area contributed by atoms with Gasteiger partial charge in [0.15, 0.2) is 8.32 Å². The summed E-state index contributed by atoms with van der Waals surface area (Å²) in [4.78, 5) is 5.63. The van der Waals surface area contributed by atoms with Crippen molar-refractivity contribution >= 4 is 14.2 Å². The van der Waals surface area contributed by atoms with Crippen molar-refractivity contribution in [3.63, 3.8) is 0 Å². The molecule has 0 amide bonds. The van der Waals surface area contributed by atoms with E-state index < -0.39 is 33.1 Å². The molecule has 8 heteroatoms. The van der Waals surface area contributed by atoms with Gasteiger partial charge in [-0.15, -0.1) is 0 Å². The molecule has 148 valence electrons. The van der Waals surface area contributed by atoms with Gasteiger partial charge in [-0.25, -0.2) is 0 Å². The molecule has 2 rings (SSSR count). The fourth-order valence-electron chi connectivity index (χ4n) is 2.48. The minimum atomic E-state index is -1.91. The molecular formula is C18H32N2O5Si. The molecule has 7 nitrogen and oxygen atoms in total. The Morgan fingerprint density at radius 2 is 2.12 bits per heavy atom. The van der Waals surface area contributed by atoms with Crippen molar-refractivity contribution in [2.75, 3.05) is 13.2 Å². The first-order chi connectivity index (χ1) is 12.0. The lowest BCUT2D eigenvalue weighted by atomic mass is 10.2. The number of aliphatic hydroxyl groups is 2. The van der Waals surface area contributed by atoms with E-state index in [-0.39, 0.29) is 5.04 Å². The zero-order valence-electron chi connectivity index (χ0n) is 16.4. The van der Waals surface area contributed by atoms with Crippen LogP contribution < -0.4 is 0 Å². The molecule has 0 aromatic carbocycles. The molecule has 0 aromatic heterocycles. The lowest BCUT2D eigenvalue weighted by molar-refractivity contribution is -0.109. The van der Waals surface area contributed by atoms with Gasteiger partial charge in [-0.1, -0.05) is 33.4 Å². The molecule has 4 atom stereocenters. The zero-order valence-corrected chi connectivity index (χ0v) is 17.4. The lowest BCUT2D eigenvalue weighted by Gasteiger charge is -2.37. The fraction of sp³-hybridized carbons (Fsp3) is 0.722. The number of hydrogen-bond donors (Lipinski definition) is 2. The molecule has 0 saturated carbocycles. The van der Waals surface area contributed by atoms with Crippen LogP contribution in [-0.2, 0) is 13.9 Å². The summed E-state index contributed by atoms with van der Waals surface area (Å²) in [6.07, 6.45) is 2.68. The van der Waals surface area contributed by atoms with Crippen molar-refractivity contribution in [1.82, 2.24) is 4.90 Å². The molecule has 0 aromatic rings. The molecular weight excluding hydrogens is 352 g/mol. The van der Waals surface area contributed by atoms with Gasteiger partial charge in [0.1, 0.15) is 18.9 Å². The quantitative estimate of drug-likeness (QED) is 0.539. The van der Waals surface area contributed by atoms with Crippen LogP contribution in [0.4, 0.5) is 0 Å². The van der Waals surface area contributed by atoms with Gasteiger partial charge in [0.25, 0.3) is 0 Å². The maximum absolute atomic E-state index is 10.4. The largest absolute Gasteiger partial charge is 0.474 e. The predicted molar refractivity (Wildman–Crippen MR) is 103 cm³/mol. The van der Waals surface area contributed by atoms with Crippen molar-refractivity contribution in [2.24, 2.45) is 4.99 Å². The SMILES string of the molecule is C=CCOC1=NC(O)N(C2CC(O)C(CO[Si](C)(C)C(C)(C)C)O2)C=C1. The topological polar surface area (TPSA) is 83.8 Å². The number of aliphatic imine (C=N–C) groups is 1. The van der Waals surface area contributed by atoms with Gasteiger partial charge in [0.05, 0.1) is 12.7 Å². The Kier molecular flexibility index (Phi) is 6.68. The predicted octanol–water partition coefficient (Wildman–Crippen LogP) is 2.19. The van der Waals surface area contributed by atoms with Gasteiger partial charge in [-0.2, -0.15) is 4.99 Å². The molecule has 2 aliphatic heterocycles. The molecule has 0 radical (unpaired) electrons. The first kappa shape index (κ1) is 21.1. The highest BCUT2D eigenvalue weighted by Gasteiger charge is 2.42. The van der Waals surface area contributed by atoms with Crippen LogP contribution in [0.1, 0.15) is 27.2 Å². The summed E-state index contributed by atoms with van der Waals surface area (Å²) in [5.41, 5.74) is 0. The molecule has 2 heterocycles. The van der Waals surface area contributed by atoms with Gasteiger partial charge in [0.2, 0.25) is 12.2 Å². The van der Waals surface area contributed by atoms with Gasteiger partial charge < -0.3 is 29.0 Å². The van der Waals surface area contributed by atoms with Gasteiger partial charge in [0, 0.05) is 18.7 Å². The molecule has 1 fully saturated rings. The Balaban J connectivity index is 1.92. The summed E-state index contributed by atoms with van der Waals surface area (Å²) in [6, 6.07) is 0. The standard InChI is InChI=1S/C18H32N2O5Si/c1-7-10-23-15-8-9-20(17(22)19-15)16-11-13(21)14(25-16)12-24-26(5,6)18(2,3)4/h7-9,13-14,16-17,21-22H,1,10-12H2,2-6H3. The average molecular weight is 385 g/mol. The normalized spacial score (nSPS) is 29.7. The Bertz CT molecular complexity index is 558. The number of nitrogens with zero attached hydrogens (tertiary/aromatic N) is 2. The Morgan fingerprint density at radius 1 is 1.42 bits per heavy atom. The van der Waals surface area contributed by atoms with Crippen LogP contribution in [-0.4, -0.2) is 67.3 Å². The van der Waals surface area contributed by atoms with Gasteiger partial charge in [-0.3, -0.25) is 0 Å². The van der Waals surface area contributed by atoms with Crippen molar-refractivity contribution < 1.29 is 24.1 Å². The second-order valence-corrected chi connectivity index (χ2v) is 13.0. The summed E-state index contributed by atoms with van der Waals surface area (Å²) in [5, 5.41) is 20.7. The summed E-state index contributed by atoms with van der Waals surface area (Å²) in [5.74, 6) is 0.338. The summed E-state index contributed by atoms with van der Waals surface area (Å²) in [6.45, 7) is 15.1. The number of hydrogen-bond acceptors (Lipinski definition) is 7. The summed E-state index contributed by atoms with van der Waals surface area (Å²) < 4.78 is 17.4. The van der Waals surface area contributed by atoms with E-state index in [4.69, 9.17) is 13.9 Å². The van der Waals surface area contributed by atoms with E-state index in [1.807, 2.05) is 0 Å². The number of ether oxygens (including phenoxy) is 2. The third-order valence-electron chi connectivity index (χ3n) is 5.20. The number of rotatable bonds is 6. The van der Waals surface area contributed by atoms with E-state index in [0.29, 0.717) is 25.5 Å².